The Balaban J connectivity index is 2.19. The number of aromatic nitrogens is 3. The second-order valence-electron chi connectivity index (χ2n) is 3.35. The molecule has 0 radical (unpaired) electrons. The third kappa shape index (κ3) is 1.38. The summed E-state index contributed by atoms with van der Waals surface area (Å²) in [5.74, 6) is 0. The van der Waals surface area contributed by atoms with Crippen molar-refractivity contribution in [2.24, 2.45) is 0 Å². The van der Waals surface area contributed by atoms with E-state index < -0.39 is 0 Å². The van der Waals surface area contributed by atoms with Crippen molar-refractivity contribution in [2.75, 3.05) is 0 Å². The van der Waals surface area contributed by atoms with Gasteiger partial charge in [-0.2, -0.15) is 5.10 Å². The molecule has 0 saturated heterocycles. The lowest BCUT2D eigenvalue weighted by molar-refractivity contribution is 0.963. The van der Waals surface area contributed by atoms with Crippen molar-refractivity contribution in [3.8, 4) is 11.1 Å². The number of rotatable bonds is 1. The molecule has 0 amide bonds. The van der Waals surface area contributed by atoms with Crippen LogP contribution in [0.4, 0.5) is 0 Å². The van der Waals surface area contributed by atoms with E-state index >= 15 is 0 Å². The van der Waals surface area contributed by atoms with Crippen LogP contribution in [0.3, 0.4) is 0 Å². The van der Waals surface area contributed by atoms with Crippen LogP contribution in [-0.4, -0.2) is 14.6 Å². The van der Waals surface area contributed by atoms with Gasteiger partial charge in [-0.25, -0.2) is 9.50 Å². The molecule has 0 fully saturated rings. The molecular formula is C12H9N3. The molecule has 3 rings (SSSR count). The molecular weight excluding hydrogens is 186 g/mol. The van der Waals surface area contributed by atoms with Gasteiger partial charge in [0.1, 0.15) is 6.33 Å². The van der Waals surface area contributed by atoms with E-state index in [2.05, 4.69) is 28.3 Å². The second kappa shape index (κ2) is 3.20. The maximum Gasteiger partial charge on any atom is 0.155 e. The summed E-state index contributed by atoms with van der Waals surface area (Å²) < 4.78 is 1.78. The van der Waals surface area contributed by atoms with Crippen LogP contribution < -0.4 is 0 Å². The van der Waals surface area contributed by atoms with E-state index in [9.17, 15) is 0 Å². The van der Waals surface area contributed by atoms with Gasteiger partial charge in [-0.15, -0.1) is 0 Å². The Labute approximate surface area is 87.0 Å². The number of pyridine rings is 1. The average Bonchev–Trinajstić information content (AvgIpc) is 2.77. The minimum atomic E-state index is 0.870. The molecule has 0 unspecified atom stereocenters. The predicted molar refractivity (Wildman–Crippen MR) is 58.4 cm³/mol. The van der Waals surface area contributed by atoms with Gasteiger partial charge in [-0.3, -0.25) is 0 Å². The van der Waals surface area contributed by atoms with Crippen molar-refractivity contribution in [1.82, 2.24) is 14.6 Å². The van der Waals surface area contributed by atoms with Gasteiger partial charge in [0.15, 0.2) is 5.65 Å². The highest BCUT2D eigenvalue weighted by Crippen LogP contribution is 2.18. The molecule has 3 aromatic rings. The summed E-state index contributed by atoms with van der Waals surface area (Å²) in [6, 6.07) is 14.3. The quantitative estimate of drug-likeness (QED) is 0.596. The maximum atomic E-state index is 4.11. The Hall–Kier alpha value is -2.16. The summed E-state index contributed by atoms with van der Waals surface area (Å²) >= 11 is 0. The molecule has 0 saturated carbocycles. The van der Waals surface area contributed by atoms with Gasteiger partial charge in [-0.1, -0.05) is 30.3 Å². The monoisotopic (exact) mass is 195 g/mol. The predicted octanol–water partition coefficient (Wildman–Crippen LogP) is 2.40. The van der Waals surface area contributed by atoms with E-state index in [1.165, 1.54) is 5.56 Å². The first-order valence-corrected chi connectivity index (χ1v) is 4.78. The first-order chi connectivity index (χ1) is 7.43. The van der Waals surface area contributed by atoms with Gasteiger partial charge >= 0.3 is 0 Å². The summed E-state index contributed by atoms with van der Waals surface area (Å²) in [4.78, 5) is 4.11. The summed E-state index contributed by atoms with van der Waals surface area (Å²) in [5.41, 5.74) is 3.21. The lowest BCUT2D eigenvalue weighted by Gasteiger charge is -2.00. The largest absolute Gasteiger partial charge is 0.221 e. The van der Waals surface area contributed by atoms with Gasteiger partial charge in [0.05, 0.1) is 0 Å². The number of benzene rings is 1. The molecule has 0 aliphatic heterocycles. The standard InChI is InChI=1S/C12H9N3/c1-2-4-10(5-3-1)11-6-7-12-13-9-14-15(12)8-11/h1-9H. The van der Waals surface area contributed by atoms with E-state index in [1.807, 2.05) is 30.5 Å². The molecule has 3 nitrogen and oxygen atoms in total. The van der Waals surface area contributed by atoms with Crippen LogP contribution in [0.2, 0.25) is 0 Å². The third-order valence-electron chi connectivity index (χ3n) is 2.38. The molecule has 0 N–H and O–H groups in total. The number of nitrogens with zero attached hydrogens (tertiary/aromatic N) is 3. The van der Waals surface area contributed by atoms with E-state index in [-0.39, 0.29) is 0 Å². The molecule has 3 heteroatoms. The molecule has 1 aromatic carbocycles. The van der Waals surface area contributed by atoms with Crippen LogP contribution in [0, 0.1) is 0 Å². The average molecular weight is 195 g/mol. The third-order valence-corrected chi connectivity index (χ3v) is 2.38. The highest BCUT2D eigenvalue weighted by Gasteiger charge is 1.99. The highest BCUT2D eigenvalue weighted by molar-refractivity contribution is 5.64. The zero-order chi connectivity index (χ0) is 10.1. The van der Waals surface area contributed by atoms with Crippen molar-refractivity contribution in [3.05, 3.63) is 55.0 Å². The van der Waals surface area contributed by atoms with E-state index in [1.54, 1.807) is 10.8 Å². The molecule has 15 heavy (non-hydrogen) atoms. The fourth-order valence-corrected chi connectivity index (χ4v) is 1.62. The second-order valence-corrected chi connectivity index (χ2v) is 3.35. The number of hydrogen-bond donors (Lipinski definition) is 0. The lowest BCUT2D eigenvalue weighted by atomic mass is 10.1. The smallest absolute Gasteiger partial charge is 0.155 e. The number of fused-ring (bicyclic) bond motifs is 1. The Morgan fingerprint density at radius 1 is 0.867 bits per heavy atom. The van der Waals surface area contributed by atoms with Crippen LogP contribution in [0.1, 0.15) is 0 Å². The molecule has 2 heterocycles. The van der Waals surface area contributed by atoms with Gasteiger partial charge in [0.25, 0.3) is 0 Å². The van der Waals surface area contributed by atoms with E-state index in [0.29, 0.717) is 0 Å². The van der Waals surface area contributed by atoms with Crippen LogP contribution in [-0.2, 0) is 0 Å². The zero-order valence-corrected chi connectivity index (χ0v) is 8.04. The normalized spacial score (nSPS) is 10.7. The van der Waals surface area contributed by atoms with Crippen molar-refractivity contribution < 1.29 is 0 Å². The van der Waals surface area contributed by atoms with Gasteiger partial charge in [0, 0.05) is 11.8 Å². The molecule has 0 atom stereocenters. The maximum absolute atomic E-state index is 4.11. The summed E-state index contributed by atoms with van der Waals surface area (Å²) in [6.45, 7) is 0. The van der Waals surface area contributed by atoms with E-state index in [4.69, 9.17) is 0 Å². The fourth-order valence-electron chi connectivity index (χ4n) is 1.62. The minimum absolute atomic E-state index is 0.870. The first-order valence-electron chi connectivity index (χ1n) is 4.78. The molecule has 72 valence electrons. The van der Waals surface area contributed by atoms with Gasteiger partial charge in [0.2, 0.25) is 0 Å². The highest BCUT2D eigenvalue weighted by atomic mass is 15.3. The Morgan fingerprint density at radius 3 is 2.60 bits per heavy atom. The first kappa shape index (κ1) is 8.17. The van der Waals surface area contributed by atoms with Crippen LogP contribution >= 0.6 is 0 Å². The molecule has 0 aliphatic rings. The zero-order valence-electron chi connectivity index (χ0n) is 8.04. The van der Waals surface area contributed by atoms with E-state index in [0.717, 1.165) is 11.2 Å². The Bertz CT molecular complexity index is 584. The van der Waals surface area contributed by atoms with Crippen molar-refractivity contribution in [1.29, 1.82) is 0 Å². The lowest BCUT2D eigenvalue weighted by Crippen LogP contribution is -1.87. The molecule has 0 bridgehead atoms. The fraction of sp³-hybridized carbons (Fsp3) is 0. The van der Waals surface area contributed by atoms with Gasteiger partial charge in [-0.05, 0) is 17.7 Å². The Kier molecular flexibility index (Phi) is 1.75. The minimum Gasteiger partial charge on any atom is -0.221 e. The van der Waals surface area contributed by atoms with Gasteiger partial charge < -0.3 is 0 Å². The summed E-state index contributed by atoms with van der Waals surface area (Å²) in [7, 11) is 0. The van der Waals surface area contributed by atoms with Crippen molar-refractivity contribution in [2.45, 2.75) is 0 Å². The van der Waals surface area contributed by atoms with Crippen molar-refractivity contribution >= 4 is 5.65 Å². The molecule has 0 aliphatic carbocycles. The van der Waals surface area contributed by atoms with Crippen LogP contribution in [0.25, 0.3) is 16.8 Å². The number of hydrogen-bond acceptors (Lipinski definition) is 2. The Morgan fingerprint density at radius 2 is 1.73 bits per heavy atom. The SMILES string of the molecule is c1ccc(-c2ccc3ncnn3c2)cc1. The summed E-state index contributed by atoms with van der Waals surface area (Å²) in [5, 5.41) is 4.11. The van der Waals surface area contributed by atoms with Crippen LogP contribution in [0.5, 0.6) is 0 Å². The summed E-state index contributed by atoms with van der Waals surface area (Å²) in [6.07, 6.45) is 3.54. The molecule has 0 spiro atoms. The molecule has 2 aromatic heterocycles. The van der Waals surface area contributed by atoms with Crippen molar-refractivity contribution in [3.63, 3.8) is 0 Å². The topological polar surface area (TPSA) is 30.2 Å². The van der Waals surface area contributed by atoms with Crippen LogP contribution in [0.15, 0.2) is 55.0 Å².